The number of aromatic nitrogens is 1. The van der Waals surface area contributed by atoms with Crippen LogP contribution < -0.4 is 14.9 Å². The van der Waals surface area contributed by atoms with Crippen molar-refractivity contribution in [3.05, 3.63) is 71.3 Å². The molecule has 13 heteroatoms. The van der Waals surface area contributed by atoms with E-state index in [1.54, 1.807) is 42.5 Å². The van der Waals surface area contributed by atoms with Crippen molar-refractivity contribution in [2.24, 2.45) is 5.92 Å². The highest BCUT2D eigenvalue weighted by molar-refractivity contribution is 7.92. The number of anilines is 1. The predicted molar refractivity (Wildman–Crippen MR) is 159 cm³/mol. The molecule has 44 heavy (non-hydrogen) atoms. The summed E-state index contributed by atoms with van der Waals surface area (Å²) < 4.78 is 73.0. The van der Waals surface area contributed by atoms with Crippen molar-refractivity contribution in [2.75, 3.05) is 24.2 Å². The van der Waals surface area contributed by atoms with Gasteiger partial charge in [-0.05, 0) is 55.9 Å². The van der Waals surface area contributed by atoms with Gasteiger partial charge >= 0.3 is 6.18 Å². The third-order valence-corrected chi connectivity index (χ3v) is 9.35. The second-order valence-corrected chi connectivity index (χ2v) is 13.5. The van der Waals surface area contributed by atoms with E-state index >= 15 is 0 Å². The number of pyridine rings is 1. The summed E-state index contributed by atoms with van der Waals surface area (Å²) in [6.07, 6.45) is -1.52. The third-order valence-electron chi connectivity index (χ3n) is 8.24. The maximum atomic E-state index is 13.8. The molecule has 0 radical (unpaired) electrons. The summed E-state index contributed by atoms with van der Waals surface area (Å²) in [7, 11) is -3.10. The van der Waals surface area contributed by atoms with E-state index in [-0.39, 0.29) is 54.9 Å². The number of benzene rings is 2. The van der Waals surface area contributed by atoms with Crippen LogP contribution in [0.3, 0.4) is 0 Å². The molecule has 0 unspecified atom stereocenters. The average molecular weight is 627 g/mol. The van der Waals surface area contributed by atoms with Crippen molar-refractivity contribution in [3.63, 3.8) is 0 Å². The number of furan rings is 1. The smallest absolute Gasteiger partial charge is 0.407 e. The van der Waals surface area contributed by atoms with Crippen molar-refractivity contribution >= 4 is 38.8 Å². The molecule has 0 saturated heterocycles. The van der Waals surface area contributed by atoms with Crippen molar-refractivity contribution in [1.29, 1.82) is 0 Å². The summed E-state index contributed by atoms with van der Waals surface area (Å²) in [5.74, 6) is -0.689. The molecule has 9 nitrogen and oxygen atoms in total. The minimum Gasteiger partial charge on any atom is -0.437 e. The molecule has 4 aromatic rings. The second-order valence-electron chi connectivity index (χ2n) is 11.6. The number of nitrogens with zero attached hydrogens (tertiary/aromatic N) is 2. The zero-order valence-corrected chi connectivity index (χ0v) is 24.9. The number of aryl methyl sites for hydroxylation is 1. The van der Waals surface area contributed by atoms with E-state index in [1.165, 1.54) is 19.2 Å². The standard InChI is InChI=1S/C31H29F3N4O5S/c1-17-7-9-19(10-8-17)25-24(28(40)35-2)23-12-22(26(36-29(23)43-25)38(44(3,41)42)16-31(32,33)34)20-5-4-6-21(11-20)27(39)37-30-13-18(14-30)15-30/h4-12,18H,13-16H2,1-3H3,(H,35,40)(H,37,39). The maximum Gasteiger partial charge on any atom is 0.407 e. The number of hydrogen-bond donors (Lipinski definition) is 2. The first-order valence-electron chi connectivity index (χ1n) is 13.9. The SMILES string of the molecule is CNC(=O)c1c(-c2ccc(C)cc2)oc2nc(N(CC(F)(F)F)S(C)(=O)=O)c(-c3cccc(C(=O)NC45CC(C4)C5)c3)cc12. The highest BCUT2D eigenvalue weighted by Crippen LogP contribution is 2.57. The Kier molecular flexibility index (Phi) is 6.99. The van der Waals surface area contributed by atoms with Gasteiger partial charge in [0.05, 0.1) is 17.2 Å². The number of amides is 2. The Labute approximate surface area is 251 Å². The van der Waals surface area contributed by atoms with Gasteiger partial charge in [0.1, 0.15) is 12.3 Å². The third kappa shape index (κ3) is 5.40. The molecule has 2 heterocycles. The van der Waals surface area contributed by atoms with Gasteiger partial charge in [0.25, 0.3) is 11.8 Å². The summed E-state index contributed by atoms with van der Waals surface area (Å²) >= 11 is 0. The lowest BCUT2D eigenvalue weighted by molar-refractivity contribution is -0.117. The lowest BCUT2D eigenvalue weighted by Gasteiger charge is -2.61. The monoisotopic (exact) mass is 626 g/mol. The van der Waals surface area contributed by atoms with Gasteiger partial charge in [-0.1, -0.05) is 42.0 Å². The zero-order chi connectivity index (χ0) is 31.6. The number of carbonyl (C=O) groups is 2. The summed E-state index contributed by atoms with van der Waals surface area (Å²) in [6.45, 7) is 0.0286. The van der Waals surface area contributed by atoms with E-state index in [0.29, 0.717) is 17.7 Å². The van der Waals surface area contributed by atoms with Crippen LogP contribution in [0.15, 0.2) is 59.0 Å². The molecule has 3 aliphatic carbocycles. The van der Waals surface area contributed by atoms with Gasteiger partial charge in [-0.15, -0.1) is 0 Å². The van der Waals surface area contributed by atoms with Gasteiger partial charge < -0.3 is 15.1 Å². The Morgan fingerprint density at radius 2 is 1.73 bits per heavy atom. The van der Waals surface area contributed by atoms with Gasteiger partial charge in [-0.2, -0.15) is 18.2 Å². The van der Waals surface area contributed by atoms with Crippen LogP contribution in [-0.4, -0.2) is 56.8 Å². The van der Waals surface area contributed by atoms with Crippen LogP contribution in [0, 0.1) is 12.8 Å². The number of fused-ring (bicyclic) bond motifs is 1. The fourth-order valence-electron chi connectivity index (χ4n) is 5.96. The van der Waals surface area contributed by atoms with Crippen molar-refractivity contribution < 1.29 is 35.6 Å². The van der Waals surface area contributed by atoms with Crippen molar-refractivity contribution in [2.45, 2.75) is 37.9 Å². The Balaban J connectivity index is 1.57. The molecule has 2 bridgehead atoms. The van der Waals surface area contributed by atoms with Gasteiger partial charge in [0.2, 0.25) is 15.7 Å². The van der Waals surface area contributed by atoms with E-state index in [1.807, 2.05) is 6.92 Å². The van der Waals surface area contributed by atoms with Gasteiger partial charge in [0.15, 0.2) is 5.82 Å². The summed E-state index contributed by atoms with van der Waals surface area (Å²) in [5, 5.41) is 5.77. The number of sulfonamides is 1. The van der Waals surface area contributed by atoms with E-state index in [0.717, 1.165) is 24.8 Å². The molecule has 0 aliphatic heterocycles. The Bertz CT molecular complexity index is 1900. The molecular formula is C31H29F3N4O5S. The number of carbonyl (C=O) groups excluding carboxylic acids is 2. The van der Waals surface area contributed by atoms with Crippen LogP contribution in [0.5, 0.6) is 0 Å². The van der Waals surface area contributed by atoms with Crippen LogP contribution in [0.4, 0.5) is 19.0 Å². The van der Waals surface area contributed by atoms with Crippen LogP contribution in [0.25, 0.3) is 33.6 Å². The normalized spacial score (nSPS) is 19.2. The minimum absolute atomic E-state index is 0.0336. The first-order valence-corrected chi connectivity index (χ1v) is 15.8. The second kappa shape index (κ2) is 10.4. The van der Waals surface area contributed by atoms with E-state index < -0.39 is 34.5 Å². The van der Waals surface area contributed by atoms with Crippen molar-refractivity contribution in [3.8, 4) is 22.5 Å². The van der Waals surface area contributed by atoms with Gasteiger partial charge in [0, 0.05) is 29.3 Å². The van der Waals surface area contributed by atoms with Crippen LogP contribution in [0.2, 0.25) is 0 Å². The number of nitrogens with one attached hydrogen (secondary N) is 2. The summed E-state index contributed by atoms with van der Waals surface area (Å²) in [5.41, 5.74) is 1.54. The summed E-state index contributed by atoms with van der Waals surface area (Å²) in [6, 6.07) is 14.6. The van der Waals surface area contributed by atoms with E-state index in [4.69, 9.17) is 4.42 Å². The van der Waals surface area contributed by atoms with E-state index in [9.17, 15) is 31.2 Å². The largest absolute Gasteiger partial charge is 0.437 e. The lowest BCUT2D eigenvalue weighted by atomic mass is 9.50. The maximum absolute atomic E-state index is 13.8. The van der Waals surface area contributed by atoms with E-state index in [2.05, 4.69) is 15.6 Å². The molecule has 2 amide bonds. The van der Waals surface area contributed by atoms with Crippen molar-refractivity contribution in [1.82, 2.24) is 15.6 Å². The number of alkyl halides is 3. The predicted octanol–water partition coefficient (Wildman–Crippen LogP) is 5.44. The van der Waals surface area contributed by atoms with Gasteiger partial charge in [-0.3, -0.25) is 9.59 Å². The van der Waals surface area contributed by atoms with Gasteiger partial charge in [-0.25, -0.2) is 12.7 Å². The molecule has 7 rings (SSSR count). The zero-order valence-electron chi connectivity index (χ0n) is 24.1. The molecule has 2 aromatic heterocycles. The molecule has 3 fully saturated rings. The highest BCUT2D eigenvalue weighted by atomic mass is 32.2. The number of halogens is 3. The molecule has 3 aliphatic rings. The van der Waals surface area contributed by atoms with Crippen LogP contribution in [0.1, 0.15) is 45.5 Å². The molecule has 2 aromatic carbocycles. The minimum atomic E-state index is -4.91. The fraction of sp³-hybridized carbons (Fsp3) is 0.323. The van der Waals surface area contributed by atoms with Crippen LogP contribution in [-0.2, 0) is 10.0 Å². The van der Waals surface area contributed by atoms with Crippen LogP contribution >= 0.6 is 0 Å². The Morgan fingerprint density at radius 3 is 2.30 bits per heavy atom. The molecule has 3 saturated carbocycles. The number of hydrogen-bond acceptors (Lipinski definition) is 6. The average Bonchev–Trinajstić information content (AvgIpc) is 3.29. The molecule has 0 atom stereocenters. The molecule has 0 spiro atoms. The molecule has 2 N–H and O–H groups in total. The first kappa shape index (κ1) is 29.7. The quantitative estimate of drug-likeness (QED) is 0.269. The summed E-state index contributed by atoms with van der Waals surface area (Å²) in [4.78, 5) is 30.6. The Hall–Kier alpha value is -4.39. The molecular weight excluding hydrogens is 597 g/mol. The molecule has 230 valence electrons. The first-order chi connectivity index (χ1) is 20.7. The number of rotatable bonds is 8. The lowest BCUT2D eigenvalue weighted by Crippen LogP contribution is -2.68. The fourth-order valence-corrected chi connectivity index (χ4v) is 6.79. The topological polar surface area (TPSA) is 122 Å². The Morgan fingerprint density at radius 1 is 1.05 bits per heavy atom. The highest BCUT2D eigenvalue weighted by Gasteiger charge is 2.57.